The van der Waals surface area contributed by atoms with Gasteiger partial charge in [-0.3, -0.25) is 4.79 Å². The van der Waals surface area contributed by atoms with Crippen LogP contribution in [-0.2, 0) is 9.53 Å². The van der Waals surface area contributed by atoms with Crippen LogP contribution in [0.3, 0.4) is 0 Å². The van der Waals surface area contributed by atoms with Crippen LogP contribution >= 0.6 is 0 Å². The Bertz CT molecular complexity index is 258. The average molecular weight is 183 g/mol. The Labute approximate surface area is 77.2 Å². The summed E-state index contributed by atoms with van der Waals surface area (Å²) in [6, 6.07) is 0. The summed E-state index contributed by atoms with van der Waals surface area (Å²) in [4.78, 5) is 23.6. The van der Waals surface area contributed by atoms with E-state index in [-0.39, 0.29) is 18.4 Å². The molecule has 1 heterocycles. The van der Waals surface area contributed by atoms with Crippen molar-refractivity contribution in [2.75, 3.05) is 13.2 Å². The van der Waals surface area contributed by atoms with Crippen LogP contribution in [0.1, 0.15) is 13.8 Å². The second-order valence-corrected chi connectivity index (χ2v) is 3.25. The highest BCUT2D eigenvalue weighted by Crippen LogP contribution is 2.13. The number of hydrogen-bond donors (Lipinski definition) is 0. The van der Waals surface area contributed by atoms with Crippen molar-refractivity contribution >= 4 is 12.0 Å². The van der Waals surface area contributed by atoms with E-state index in [1.54, 1.807) is 0 Å². The van der Waals surface area contributed by atoms with Crippen LogP contribution < -0.4 is 0 Å². The highest BCUT2D eigenvalue weighted by molar-refractivity contribution is 6.02. The van der Waals surface area contributed by atoms with E-state index in [0.29, 0.717) is 12.1 Å². The van der Waals surface area contributed by atoms with Gasteiger partial charge < -0.3 is 4.74 Å². The number of rotatable bonds is 2. The van der Waals surface area contributed by atoms with Crippen LogP contribution in [0.4, 0.5) is 4.79 Å². The first kappa shape index (κ1) is 9.77. The number of amides is 2. The summed E-state index contributed by atoms with van der Waals surface area (Å²) in [6.07, 6.45) is -0.563. The highest BCUT2D eigenvalue weighted by Gasteiger charge is 2.30. The molecular weight excluding hydrogens is 170 g/mol. The molecule has 0 aromatic heterocycles. The van der Waals surface area contributed by atoms with E-state index < -0.39 is 6.09 Å². The zero-order chi connectivity index (χ0) is 10.0. The Morgan fingerprint density at radius 1 is 1.62 bits per heavy atom. The van der Waals surface area contributed by atoms with E-state index in [1.165, 1.54) is 0 Å². The van der Waals surface area contributed by atoms with Crippen molar-refractivity contribution in [2.24, 2.45) is 5.92 Å². The van der Waals surface area contributed by atoms with Crippen LogP contribution in [0.2, 0.25) is 0 Å². The molecule has 1 aliphatic rings. The third-order valence-corrected chi connectivity index (χ3v) is 1.98. The van der Waals surface area contributed by atoms with Crippen LogP contribution in [0.25, 0.3) is 0 Å². The zero-order valence-corrected chi connectivity index (χ0v) is 7.87. The molecule has 0 saturated carbocycles. The van der Waals surface area contributed by atoms with Crippen LogP contribution in [-0.4, -0.2) is 30.1 Å². The van der Waals surface area contributed by atoms with Gasteiger partial charge in [0.05, 0.1) is 6.54 Å². The molecule has 1 saturated heterocycles. The van der Waals surface area contributed by atoms with E-state index in [0.717, 1.165) is 4.90 Å². The third kappa shape index (κ3) is 1.88. The van der Waals surface area contributed by atoms with Gasteiger partial charge in [-0.2, -0.15) is 0 Å². The third-order valence-electron chi connectivity index (χ3n) is 1.98. The summed E-state index contributed by atoms with van der Waals surface area (Å²) in [7, 11) is 0. The SMILES string of the molecule is C=C(C(=O)N1CCOC1=O)C(C)C. The zero-order valence-electron chi connectivity index (χ0n) is 7.87. The molecule has 0 radical (unpaired) electrons. The monoisotopic (exact) mass is 183 g/mol. The Kier molecular flexibility index (Phi) is 2.70. The van der Waals surface area contributed by atoms with E-state index in [2.05, 4.69) is 11.3 Å². The number of cyclic esters (lactones) is 1. The van der Waals surface area contributed by atoms with Gasteiger partial charge in [-0.1, -0.05) is 20.4 Å². The van der Waals surface area contributed by atoms with E-state index in [1.807, 2.05) is 13.8 Å². The minimum absolute atomic E-state index is 0.0564. The summed E-state index contributed by atoms with van der Waals surface area (Å²) >= 11 is 0. The summed E-state index contributed by atoms with van der Waals surface area (Å²) in [6.45, 7) is 7.98. The Balaban J connectivity index is 2.67. The summed E-state index contributed by atoms with van der Waals surface area (Å²) in [5, 5.41) is 0. The van der Waals surface area contributed by atoms with Crippen LogP contribution in [0.15, 0.2) is 12.2 Å². The van der Waals surface area contributed by atoms with Gasteiger partial charge in [-0.25, -0.2) is 9.69 Å². The molecule has 0 spiro atoms. The van der Waals surface area contributed by atoms with Crippen molar-refractivity contribution in [3.05, 3.63) is 12.2 Å². The standard InChI is InChI=1S/C9H13NO3/c1-6(2)7(3)8(11)10-4-5-13-9(10)12/h6H,3-5H2,1-2H3. The molecular formula is C9H13NO3. The van der Waals surface area contributed by atoms with Crippen molar-refractivity contribution in [3.63, 3.8) is 0 Å². The Morgan fingerprint density at radius 3 is 2.62 bits per heavy atom. The van der Waals surface area contributed by atoms with Crippen LogP contribution in [0, 0.1) is 5.92 Å². The molecule has 1 fully saturated rings. The van der Waals surface area contributed by atoms with Gasteiger partial charge in [0.25, 0.3) is 5.91 Å². The first-order valence-electron chi connectivity index (χ1n) is 4.21. The summed E-state index contributed by atoms with van der Waals surface area (Å²) in [5.74, 6) is -0.265. The molecule has 0 aliphatic carbocycles. The average Bonchev–Trinajstić information content (AvgIpc) is 2.48. The first-order chi connectivity index (χ1) is 6.04. The molecule has 4 nitrogen and oxygen atoms in total. The van der Waals surface area contributed by atoms with Gasteiger partial charge in [0, 0.05) is 5.57 Å². The minimum atomic E-state index is -0.563. The van der Waals surface area contributed by atoms with Crippen molar-refractivity contribution in [2.45, 2.75) is 13.8 Å². The Morgan fingerprint density at radius 2 is 2.23 bits per heavy atom. The maximum atomic E-state index is 11.5. The molecule has 2 amide bonds. The van der Waals surface area contributed by atoms with Crippen molar-refractivity contribution < 1.29 is 14.3 Å². The number of hydrogen-bond acceptors (Lipinski definition) is 3. The first-order valence-corrected chi connectivity index (χ1v) is 4.21. The second-order valence-electron chi connectivity index (χ2n) is 3.25. The number of nitrogens with zero attached hydrogens (tertiary/aromatic N) is 1. The lowest BCUT2D eigenvalue weighted by Crippen LogP contribution is -2.33. The fraction of sp³-hybridized carbons (Fsp3) is 0.556. The maximum absolute atomic E-state index is 11.5. The number of carbonyl (C=O) groups is 2. The molecule has 4 heteroatoms. The van der Waals surface area contributed by atoms with Crippen molar-refractivity contribution in [1.29, 1.82) is 0 Å². The van der Waals surface area contributed by atoms with E-state index in [4.69, 9.17) is 0 Å². The van der Waals surface area contributed by atoms with Gasteiger partial charge in [0.2, 0.25) is 0 Å². The van der Waals surface area contributed by atoms with Gasteiger partial charge in [-0.05, 0) is 5.92 Å². The highest BCUT2D eigenvalue weighted by atomic mass is 16.6. The second kappa shape index (κ2) is 3.60. The van der Waals surface area contributed by atoms with Gasteiger partial charge >= 0.3 is 6.09 Å². The molecule has 0 unspecified atom stereocenters. The lowest BCUT2D eigenvalue weighted by atomic mass is 10.0. The van der Waals surface area contributed by atoms with Gasteiger partial charge in [-0.15, -0.1) is 0 Å². The molecule has 0 N–H and O–H groups in total. The lowest BCUT2D eigenvalue weighted by Gasteiger charge is -2.14. The molecule has 0 atom stereocenters. The molecule has 72 valence electrons. The maximum Gasteiger partial charge on any atom is 0.416 e. The van der Waals surface area contributed by atoms with Crippen molar-refractivity contribution in [1.82, 2.24) is 4.90 Å². The normalized spacial score (nSPS) is 16.2. The minimum Gasteiger partial charge on any atom is -0.447 e. The Hall–Kier alpha value is -1.32. The largest absolute Gasteiger partial charge is 0.447 e. The predicted molar refractivity (Wildman–Crippen MR) is 47.0 cm³/mol. The van der Waals surface area contributed by atoms with Gasteiger partial charge in [0.15, 0.2) is 0 Å². The van der Waals surface area contributed by atoms with Gasteiger partial charge in [0.1, 0.15) is 6.61 Å². The number of ether oxygens (including phenoxy) is 1. The molecule has 13 heavy (non-hydrogen) atoms. The topological polar surface area (TPSA) is 46.6 Å². The lowest BCUT2D eigenvalue weighted by molar-refractivity contribution is -0.124. The predicted octanol–water partition coefficient (Wildman–Crippen LogP) is 1.18. The van der Waals surface area contributed by atoms with E-state index >= 15 is 0 Å². The van der Waals surface area contributed by atoms with Crippen molar-refractivity contribution in [3.8, 4) is 0 Å². The fourth-order valence-electron chi connectivity index (χ4n) is 0.998. The molecule has 0 aromatic rings. The molecule has 1 rings (SSSR count). The summed E-state index contributed by atoms with van der Waals surface area (Å²) in [5.41, 5.74) is 0.443. The summed E-state index contributed by atoms with van der Waals surface area (Å²) < 4.78 is 4.64. The molecule has 0 bridgehead atoms. The van der Waals surface area contributed by atoms with E-state index in [9.17, 15) is 9.59 Å². The number of carbonyl (C=O) groups excluding carboxylic acids is 2. The molecule has 1 aliphatic heterocycles. The molecule has 0 aromatic carbocycles. The number of imide groups is 1. The fourth-order valence-corrected chi connectivity index (χ4v) is 0.998. The van der Waals surface area contributed by atoms with Crippen LogP contribution in [0.5, 0.6) is 0 Å². The quantitative estimate of drug-likeness (QED) is 0.604. The smallest absolute Gasteiger partial charge is 0.416 e.